The molecule has 1 amide bonds. The highest BCUT2D eigenvalue weighted by molar-refractivity contribution is 7.89. The molecule has 1 aliphatic rings. The van der Waals surface area contributed by atoms with E-state index in [4.69, 9.17) is 14.2 Å². The third kappa shape index (κ3) is 5.71. The van der Waals surface area contributed by atoms with Crippen LogP contribution < -0.4 is 24.2 Å². The first-order valence-corrected chi connectivity index (χ1v) is 11.6. The maximum absolute atomic E-state index is 12.3. The second kappa shape index (κ2) is 9.76. The van der Waals surface area contributed by atoms with Crippen molar-refractivity contribution in [3.05, 3.63) is 83.9 Å². The molecule has 0 bridgehead atoms. The number of sulfonamides is 1. The summed E-state index contributed by atoms with van der Waals surface area (Å²) in [6.45, 7) is 0.527. The van der Waals surface area contributed by atoms with Crippen molar-refractivity contribution in [1.29, 1.82) is 0 Å². The fourth-order valence-electron chi connectivity index (χ4n) is 3.10. The quantitative estimate of drug-likeness (QED) is 0.492. The van der Waals surface area contributed by atoms with Crippen LogP contribution in [0.3, 0.4) is 0 Å². The van der Waals surface area contributed by atoms with E-state index in [9.17, 15) is 13.2 Å². The number of carbonyl (C=O) groups is 1. The lowest BCUT2D eigenvalue weighted by Gasteiger charge is -2.09. The van der Waals surface area contributed by atoms with E-state index in [2.05, 4.69) is 10.0 Å². The minimum absolute atomic E-state index is 0.159. The van der Waals surface area contributed by atoms with Crippen LogP contribution in [0.25, 0.3) is 6.08 Å². The summed E-state index contributed by atoms with van der Waals surface area (Å²) in [5.41, 5.74) is 2.22. The van der Waals surface area contributed by atoms with Gasteiger partial charge in [-0.15, -0.1) is 0 Å². The van der Waals surface area contributed by atoms with E-state index in [0.717, 1.165) is 5.56 Å². The van der Waals surface area contributed by atoms with Gasteiger partial charge in [-0.2, -0.15) is 0 Å². The summed E-state index contributed by atoms with van der Waals surface area (Å²) >= 11 is 0. The molecule has 9 heteroatoms. The molecule has 1 aliphatic heterocycles. The molecule has 2 N–H and O–H groups in total. The van der Waals surface area contributed by atoms with Gasteiger partial charge in [-0.1, -0.05) is 24.3 Å². The van der Waals surface area contributed by atoms with Gasteiger partial charge in [0.2, 0.25) is 22.7 Å². The van der Waals surface area contributed by atoms with E-state index in [1.807, 2.05) is 24.3 Å². The van der Waals surface area contributed by atoms with Crippen LogP contribution in [0.4, 0.5) is 5.69 Å². The molecule has 0 fully saturated rings. The van der Waals surface area contributed by atoms with Gasteiger partial charge in [-0.05, 0) is 60.6 Å². The van der Waals surface area contributed by atoms with Crippen LogP contribution in [0.2, 0.25) is 0 Å². The van der Waals surface area contributed by atoms with Crippen LogP contribution in [0, 0.1) is 0 Å². The fourth-order valence-corrected chi connectivity index (χ4v) is 3.83. The number of carbonyl (C=O) groups excluding carboxylic acids is 1. The Morgan fingerprint density at radius 3 is 2.61 bits per heavy atom. The van der Waals surface area contributed by atoms with Crippen LogP contribution in [0.5, 0.6) is 17.2 Å². The molecule has 33 heavy (non-hydrogen) atoms. The van der Waals surface area contributed by atoms with Crippen molar-refractivity contribution in [1.82, 2.24) is 4.72 Å². The summed E-state index contributed by atoms with van der Waals surface area (Å²) in [4.78, 5) is 12.5. The number of amides is 1. The highest BCUT2D eigenvalue weighted by Crippen LogP contribution is 2.35. The second-order valence-electron chi connectivity index (χ2n) is 7.10. The van der Waals surface area contributed by atoms with E-state index >= 15 is 0 Å². The first kappa shape index (κ1) is 22.4. The molecule has 0 radical (unpaired) electrons. The Bertz CT molecular complexity index is 1290. The Morgan fingerprint density at radius 2 is 1.82 bits per heavy atom. The lowest BCUT2D eigenvalue weighted by molar-refractivity contribution is -0.111. The van der Waals surface area contributed by atoms with E-state index < -0.39 is 10.0 Å². The third-order valence-corrected chi connectivity index (χ3v) is 6.26. The molecule has 1 heterocycles. The van der Waals surface area contributed by atoms with Gasteiger partial charge in [0.05, 0.1) is 4.90 Å². The van der Waals surface area contributed by atoms with Gasteiger partial charge in [-0.3, -0.25) is 4.79 Å². The summed E-state index contributed by atoms with van der Waals surface area (Å²) in [6, 6.07) is 18.9. The highest BCUT2D eigenvalue weighted by atomic mass is 32.2. The normalized spacial score (nSPS) is 12.6. The average Bonchev–Trinajstić information content (AvgIpc) is 3.30. The predicted octanol–water partition coefficient (Wildman–Crippen LogP) is 3.55. The second-order valence-corrected chi connectivity index (χ2v) is 8.99. The third-order valence-electron chi connectivity index (χ3n) is 4.83. The van der Waals surface area contributed by atoms with Crippen molar-refractivity contribution < 1.29 is 27.4 Å². The Hall–Kier alpha value is -3.82. The number of nitrogens with one attached hydrogen (secondary N) is 2. The molecule has 4 rings (SSSR count). The Balaban J connectivity index is 1.33. The molecular weight excluding hydrogens is 444 g/mol. The van der Waals surface area contributed by atoms with Gasteiger partial charge >= 0.3 is 0 Å². The van der Waals surface area contributed by atoms with Crippen molar-refractivity contribution >= 4 is 27.7 Å². The zero-order chi connectivity index (χ0) is 23.3. The SMILES string of the molecule is CNS(=O)(=O)c1ccc(/C=C/C(=O)Nc2cccc(COc3ccc4c(c3)OCO4)c2)cc1. The first-order chi connectivity index (χ1) is 15.9. The zero-order valence-electron chi connectivity index (χ0n) is 17.8. The standard InChI is InChI=1S/C24H22N2O6S/c1-25-33(28,29)21-9-5-17(6-10-21)7-12-24(27)26-19-4-2-3-18(13-19)15-30-20-8-11-22-23(14-20)32-16-31-22/h2-14,25H,15-16H2,1H3,(H,26,27)/b12-7+. The van der Waals surface area contributed by atoms with Crippen molar-refractivity contribution in [3.8, 4) is 17.2 Å². The van der Waals surface area contributed by atoms with Gasteiger partial charge in [0.1, 0.15) is 12.4 Å². The van der Waals surface area contributed by atoms with Gasteiger partial charge in [-0.25, -0.2) is 13.1 Å². The summed E-state index contributed by atoms with van der Waals surface area (Å²) in [5.74, 6) is 1.69. The number of anilines is 1. The Labute approximate surface area is 191 Å². The molecule has 0 aromatic heterocycles. The summed E-state index contributed by atoms with van der Waals surface area (Å²) in [7, 11) is -2.14. The van der Waals surface area contributed by atoms with Crippen LogP contribution >= 0.6 is 0 Å². The van der Waals surface area contributed by atoms with Crippen LogP contribution in [-0.4, -0.2) is 28.2 Å². The average molecular weight is 467 g/mol. The van der Waals surface area contributed by atoms with E-state index in [-0.39, 0.29) is 17.6 Å². The van der Waals surface area contributed by atoms with E-state index in [1.54, 1.807) is 36.4 Å². The minimum Gasteiger partial charge on any atom is -0.489 e. The largest absolute Gasteiger partial charge is 0.489 e. The molecule has 0 spiro atoms. The van der Waals surface area contributed by atoms with Crippen LogP contribution in [-0.2, 0) is 21.4 Å². The summed E-state index contributed by atoms with van der Waals surface area (Å²) in [5, 5.41) is 2.81. The van der Waals surface area contributed by atoms with Crippen molar-refractivity contribution in [2.75, 3.05) is 19.2 Å². The van der Waals surface area contributed by atoms with Crippen LogP contribution in [0.1, 0.15) is 11.1 Å². The number of benzene rings is 3. The number of ether oxygens (including phenoxy) is 3. The zero-order valence-corrected chi connectivity index (χ0v) is 18.6. The summed E-state index contributed by atoms with van der Waals surface area (Å²) in [6.07, 6.45) is 3.00. The smallest absolute Gasteiger partial charge is 0.248 e. The molecule has 0 saturated carbocycles. The monoisotopic (exact) mass is 466 g/mol. The van der Waals surface area contributed by atoms with Gasteiger partial charge < -0.3 is 19.5 Å². The molecule has 0 unspecified atom stereocenters. The minimum atomic E-state index is -3.49. The van der Waals surface area contributed by atoms with Crippen LogP contribution in [0.15, 0.2) is 77.7 Å². The van der Waals surface area contributed by atoms with Crippen molar-refractivity contribution in [2.24, 2.45) is 0 Å². The molecule has 0 atom stereocenters. The molecule has 3 aromatic carbocycles. The van der Waals surface area contributed by atoms with Gasteiger partial charge in [0.25, 0.3) is 0 Å². The van der Waals surface area contributed by atoms with E-state index in [0.29, 0.717) is 35.1 Å². The predicted molar refractivity (Wildman–Crippen MR) is 124 cm³/mol. The molecule has 0 saturated heterocycles. The molecule has 3 aromatic rings. The van der Waals surface area contributed by atoms with Crippen molar-refractivity contribution in [3.63, 3.8) is 0 Å². The number of hydrogen-bond acceptors (Lipinski definition) is 6. The maximum Gasteiger partial charge on any atom is 0.248 e. The first-order valence-electron chi connectivity index (χ1n) is 10.1. The summed E-state index contributed by atoms with van der Waals surface area (Å²) < 4.78 is 42.2. The number of fused-ring (bicyclic) bond motifs is 1. The lowest BCUT2D eigenvalue weighted by Crippen LogP contribution is -2.18. The molecule has 8 nitrogen and oxygen atoms in total. The maximum atomic E-state index is 12.3. The van der Waals surface area contributed by atoms with E-state index in [1.165, 1.54) is 25.3 Å². The van der Waals surface area contributed by atoms with Gasteiger partial charge in [0.15, 0.2) is 11.5 Å². The van der Waals surface area contributed by atoms with Gasteiger partial charge in [0, 0.05) is 17.8 Å². The van der Waals surface area contributed by atoms with Crippen molar-refractivity contribution in [2.45, 2.75) is 11.5 Å². The Kier molecular flexibility index (Phi) is 6.62. The number of rotatable bonds is 8. The topological polar surface area (TPSA) is 103 Å². The molecule has 0 aliphatic carbocycles. The highest BCUT2D eigenvalue weighted by Gasteiger charge is 2.14. The molecular formula is C24H22N2O6S. The fraction of sp³-hybridized carbons (Fsp3) is 0.125. The lowest BCUT2D eigenvalue weighted by atomic mass is 10.2. The Morgan fingerprint density at radius 1 is 1.03 bits per heavy atom. The number of hydrogen-bond donors (Lipinski definition) is 2. The molecule has 170 valence electrons.